The first kappa shape index (κ1) is 18.4. The van der Waals surface area contributed by atoms with Gasteiger partial charge >= 0.3 is 0 Å². The van der Waals surface area contributed by atoms with E-state index in [4.69, 9.17) is 4.74 Å². The molecule has 2 aliphatic heterocycles. The van der Waals surface area contributed by atoms with Gasteiger partial charge in [0.2, 0.25) is 10.0 Å². The van der Waals surface area contributed by atoms with E-state index in [0.717, 1.165) is 22.7 Å². The van der Waals surface area contributed by atoms with Crippen LogP contribution >= 0.6 is 0 Å². The molecule has 1 aromatic heterocycles. The van der Waals surface area contributed by atoms with Gasteiger partial charge in [0.1, 0.15) is 5.82 Å². The molecule has 1 spiro atoms. The summed E-state index contributed by atoms with van der Waals surface area (Å²) in [6, 6.07) is 1.88. The lowest BCUT2D eigenvalue weighted by atomic mass is 9.98. The molecule has 11 heteroatoms. The highest BCUT2D eigenvalue weighted by molar-refractivity contribution is 7.88. The molecule has 2 aliphatic rings. The fourth-order valence-corrected chi connectivity index (χ4v) is 4.92. The summed E-state index contributed by atoms with van der Waals surface area (Å²) < 4.78 is 72.4. The van der Waals surface area contributed by atoms with Crippen molar-refractivity contribution in [2.24, 2.45) is 0 Å². The fourth-order valence-electron chi connectivity index (χ4n) is 3.69. The normalized spacial score (nSPS) is 27.0. The summed E-state index contributed by atoms with van der Waals surface area (Å²) in [6.07, 6.45) is 0.892. The van der Waals surface area contributed by atoms with E-state index in [2.05, 4.69) is 9.97 Å². The van der Waals surface area contributed by atoms with Crippen LogP contribution in [0.4, 0.5) is 19.0 Å². The van der Waals surface area contributed by atoms with Crippen molar-refractivity contribution < 1.29 is 26.3 Å². The topological polar surface area (TPSA) is 75.6 Å². The second-order valence-corrected chi connectivity index (χ2v) is 8.58. The summed E-state index contributed by atoms with van der Waals surface area (Å²) in [5.41, 5.74) is -1.17. The van der Waals surface area contributed by atoms with Gasteiger partial charge in [0.25, 0.3) is 0 Å². The molecule has 2 atom stereocenters. The molecule has 1 aromatic carbocycles. The van der Waals surface area contributed by atoms with Gasteiger partial charge in [-0.15, -0.1) is 0 Å². The molecule has 7 nitrogen and oxygen atoms in total. The molecular formula is C16H17F3N4O3S. The molecular weight excluding hydrogens is 385 g/mol. The largest absolute Gasteiger partial charge is 0.355 e. The monoisotopic (exact) mass is 402 g/mol. The standard InChI is InChI=1S/C16H17F3N4O3S/c1-27(24,25)23-4-5-26-16(23)2-3-22(9-14(16)19)15-8-20-12-6-10(17)11(18)7-13(12)21-15/h6-8,14H,2-5,9H2,1H3/t14-,16+/m1/s1. The van der Waals surface area contributed by atoms with Crippen LogP contribution in [0.2, 0.25) is 0 Å². The number of nitrogens with zero attached hydrogens (tertiary/aromatic N) is 4. The van der Waals surface area contributed by atoms with Crippen LogP contribution in [0.25, 0.3) is 11.0 Å². The predicted molar refractivity (Wildman–Crippen MR) is 91.4 cm³/mol. The van der Waals surface area contributed by atoms with E-state index in [0.29, 0.717) is 5.82 Å². The average molecular weight is 402 g/mol. The van der Waals surface area contributed by atoms with Crippen LogP contribution in [0.15, 0.2) is 18.3 Å². The summed E-state index contributed by atoms with van der Waals surface area (Å²) in [5, 5.41) is 0. The Bertz CT molecular complexity index is 1010. The quantitative estimate of drug-likeness (QED) is 0.757. The fraction of sp³-hybridized carbons (Fsp3) is 0.500. The zero-order valence-corrected chi connectivity index (χ0v) is 15.2. The molecule has 27 heavy (non-hydrogen) atoms. The number of halogens is 3. The Morgan fingerprint density at radius 3 is 2.59 bits per heavy atom. The van der Waals surface area contributed by atoms with Gasteiger partial charge in [0, 0.05) is 31.6 Å². The second kappa shape index (κ2) is 6.28. The lowest BCUT2D eigenvalue weighted by Gasteiger charge is -2.44. The van der Waals surface area contributed by atoms with Gasteiger partial charge < -0.3 is 9.64 Å². The van der Waals surface area contributed by atoms with Gasteiger partial charge in [0.05, 0.1) is 36.6 Å². The SMILES string of the molecule is CS(=O)(=O)N1CCO[C@]12CCN(c1cnc3cc(F)c(F)cc3n1)C[C@H]2F. The Hall–Kier alpha value is -1.98. The van der Waals surface area contributed by atoms with E-state index in [-0.39, 0.29) is 43.7 Å². The van der Waals surface area contributed by atoms with E-state index in [1.165, 1.54) is 6.20 Å². The van der Waals surface area contributed by atoms with Crippen molar-refractivity contribution >= 4 is 26.9 Å². The number of ether oxygens (including phenoxy) is 1. The number of fused-ring (bicyclic) bond motifs is 1. The number of rotatable bonds is 2. The molecule has 0 aliphatic carbocycles. The van der Waals surface area contributed by atoms with Crippen molar-refractivity contribution in [2.75, 3.05) is 37.4 Å². The van der Waals surface area contributed by atoms with Gasteiger partial charge in [-0.1, -0.05) is 0 Å². The number of sulfonamides is 1. The van der Waals surface area contributed by atoms with E-state index >= 15 is 4.39 Å². The number of alkyl halides is 1. The molecule has 0 N–H and O–H groups in total. The highest BCUT2D eigenvalue weighted by Gasteiger charge is 2.55. The molecule has 2 fully saturated rings. The van der Waals surface area contributed by atoms with Crippen LogP contribution in [-0.4, -0.2) is 67.1 Å². The third-order valence-corrected chi connectivity index (χ3v) is 6.27. The van der Waals surface area contributed by atoms with Crippen molar-refractivity contribution in [3.8, 4) is 0 Å². The van der Waals surface area contributed by atoms with E-state index < -0.39 is 33.6 Å². The minimum absolute atomic E-state index is 0.110. The van der Waals surface area contributed by atoms with Gasteiger partial charge in [-0.25, -0.2) is 26.6 Å². The van der Waals surface area contributed by atoms with Gasteiger partial charge in [-0.2, -0.15) is 4.31 Å². The van der Waals surface area contributed by atoms with Crippen LogP contribution in [0.3, 0.4) is 0 Å². The van der Waals surface area contributed by atoms with Gasteiger partial charge in [-0.05, 0) is 0 Å². The first-order valence-electron chi connectivity index (χ1n) is 8.33. The molecule has 3 heterocycles. The first-order valence-corrected chi connectivity index (χ1v) is 10.2. The number of anilines is 1. The van der Waals surface area contributed by atoms with Crippen LogP contribution in [0.1, 0.15) is 6.42 Å². The highest BCUT2D eigenvalue weighted by atomic mass is 32.2. The minimum Gasteiger partial charge on any atom is -0.355 e. The Morgan fingerprint density at radius 1 is 1.22 bits per heavy atom. The first-order chi connectivity index (χ1) is 12.7. The number of hydrogen-bond acceptors (Lipinski definition) is 6. The smallest absolute Gasteiger partial charge is 0.213 e. The Kier molecular flexibility index (Phi) is 4.28. The maximum absolute atomic E-state index is 15.1. The summed E-state index contributed by atoms with van der Waals surface area (Å²) in [6.45, 7) is 0.361. The molecule has 146 valence electrons. The van der Waals surface area contributed by atoms with E-state index in [9.17, 15) is 17.2 Å². The average Bonchev–Trinajstić information content (AvgIpc) is 3.03. The lowest BCUT2D eigenvalue weighted by molar-refractivity contribution is -0.116. The van der Waals surface area contributed by atoms with Crippen molar-refractivity contribution in [2.45, 2.75) is 18.3 Å². The maximum Gasteiger partial charge on any atom is 0.213 e. The van der Waals surface area contributed by atoms with Crippen molar-refractivity contribution in [1.82, 2.24) is 14.3 Å². The third-order valence-electron chi connectivity index (χ3n) is 4.97. The van der Waals surface area contributed by atoms with E-state index in [1.54, 1.807) is 4.90 Å². The van der Waals surface area contributed by atoms with Crippen molar-refractivity contribution in [3.63, 3.8) is 0 Å². The number of benzene rings is 1. The number of piperidine rings is 1. The molecule has 0 saturated carbocycles. The summed E-state index contributed by atoms with van der Waals surface area (Å²) in [5.74, 6) is -1.76. The number of hydrogen-bond donors (Lipinski definition) is 0. The zero-order valence-electron chi connectivity index (χ0n) is 14.4. The van der Waals surface area contributed by atoms with Crippen molar-refractivity contribution in [1.29, 1.82) is 0 Å². The highest BCUT2D eigenvalue weighted by Crippen LogP contribution is 2.38. The zero-order chi connectivity index (χ0) is 19.4. The predicted octanol–water partition coefficient (Wildman–Crippen LogP) is 1.44. The Morgan fingerprint density at radius 2 is 1.93 bits per heavy atom. The van der Waals surface area contributed by atoms with Crippen LogP contribution < -0.4 is 4.90 Å². The summed E-state index contributed by atoms with van der Waals surface area (Å²) in [7, 11) is -3.62. The molecule has 0 bridgehead atoms. The second-order valence-electron chi connectivity index (χ2n) is 6.68. The third kappa shape index (κ3) is 3.03. The Balaban J connectivity index is 1.61. The minimum atomic E-state index is -3.62. The molecule has 2 saturated heterocycles. The van der Waals surface area contributed by atoms with Crippen LogP contribution in [-0.2, 0) is 14.8 Å². The van der Waals surface area contributed by atoms with Crippen molar-refractivity contribution in [3.05, 3.63) is 30.0 Å². The Labute approximate surface area is 153 Å². The number of aromatic nitrogens is 2. The van der Waals surface area contributed by atoms with Crippen LogP contribution in [0, 0.1) is 11.6 Å². The molecule has 0 amide bonds. The molecule has 2 aromatic rings. The van der Waals surface area contributed by atoms with Crippen LogP contribution in [0.5, 0.6) is 0 Å². The summed E-state index contributed by atoms with van der Waals surface area (Å²) in [4.78, 5) is 9.88. The maximum atomic E-state index is 15.1. The molecule has 0 unspecified atom stereocenters. The lowest BCUT2D eigenvalue weighted by Crippen LogP contribution is -2.62. The van der Waals surface area contributed by atoms with Gasteiger partial charge in [0.15, 0.2) is 23.5 Å². The molecule has 0 radical (unpaired) electrons. The summed E-state index contributed by atoms with van der Waals surface area (Å²) >= 11 is 0. The molecule has 4 rings (SSSR count). The van der Waals surface area contributed by atoms with E-state index in [1.807, 2.05) is 0 Å². The van der Waals surface area contributed by atoms with Gasteiger partial charge in [-0.3, -0.25) is 4.98 Å².